The number of amides is 1. The van der Waals surface area contributed by atoms with Crippen molar-refractivity contribution in [3.8, 4) is 0 Å². The molecule has 0 atom stereocenters. The first kappa shape index (κ1) is 22.0. The third kappa shape index (κ3) is 4.37. The Morgan fingerprint density at radius 2 is 1.69 bits per heavy atom. The maximum Gasteiger partial charge on any atom is 0.258 e. The summed E-state index contributed by atoms with van der Waals surface area (Å²) in [6.07, 6.45) is 0.885. The molecule has 1 amide bonds. The summed E-state index contributed by atoms with van der Waals surface area (Å²) in [5.74, 6) is -1.51. The molecule has 0 aliphatic carbocycles. The van der Waals surface area contributed by atoms with E-state index in [1.54, 1.807) is 26.0 Å². The van der Waals surface area contributed by atoms with Gasteiger partial charge in [0.25, 0.3) is 5.91 Å². The standard InChI is InChI=1S/C24H24FN3O3S/c1-16(2)27-32(30,31)18-11-12-20(25)19(15-18)24(29)26-21-8-4-6-10-23(21)28-14-13-17-7-3-5-9-22(17)28/h3-12,15-16,27H,13-14H2,1-2H3,(H,26,29). The predicted octanol–water partition coefficient (Wildman–Crippen LogP) is 4.46. The van der Waals surface area contributed by atoms with Gasteiger partial charge < -0.3 is 10.2 Å². The van der Waals surface area contributed by atoms with Crippen LogP contribution in [0.2, 0.25) is 0 Å². The summed E-state index contributed by atoms with van der Waals surface area (Å²) in [7, 11) is -3.86. The number of anilines is 3. The number of halogens is 1. The summed E-state index contributed by atoms with van der Waals surface area (Å²) in [4.78, 5) is 14.9. The molecule has 166 valence electrons. The lowest BCUT2D eigenvalue weighted by Crippen LogP contribution is -2.30. The molecule has 0 spiro atoms. The fourth-order valence-electron chi connectivity index (χ4n) is 3.82. The van der Waals surface area contributed by atoms with Gasteiger partial charge in [0.1, 0.15) is 5.82 Å². The number of fused-ring (bicyclic) bond motifs is 1. The van der Waals surface area contributed by atoms with Gasteiger partial charge in [-0.05, 0) is 62.2 Å². The first-order valence-corrected chi connectivity index (χ1v) is 11.8. The Hall–Kier alpha value is -3.23. The summed E-state index contributed by atoms with van der Waals surface area (Å²) < 4.78 is 41.8. The molecule has 1 aliphatic rings. The lowest BCUT2D eigenvalue weighted by Gasteiger charge is -2.23. The van der Waals surface area contributed by atoms with E-state index in [0.29, 0.717) is 5.69 Å². The second-order valence-electron chi connectivity index (χ2n) is 7.92. The van der Waals surface area contributed by atoms with Gasteiger partial charge in [-0.1, -0.05) is 30.3 Å². The van der Waals surface area contributed by atoms with Crippen LogP contribution in [0.1, 0.15) is 29.8 Å². The Balaban J connectivity index is 1.65. The largest absolute Gasteiger partial charge is 0.339 e. The molecule has 0 fully saturated rings. The fourth-order valence-corrected chi connectivity index (χ4v) is 5.09. The lowest BCUT2D eigenvalue weighted by atomic mass is 10.1. The maximum atomic E-state index is 14.5. The van der Waals surface area contributed by atoms with Crippen molar-refractivity contribution in [1.29, 1.82) is 0 Å². The number of sulfonamides is 1. The third-order valence-electron chi connectivity index (χ3n) is 5.21. The molecule has 0 aromatic heterocycles. The summed E-state index contributed by atoms with van der Waals surface area (Å²) >= 11 is 0. The van der Waals surface area contributed by atoms with Gasteiger partial charge >= 0.3 is 0 Å². The SMILES string of the molecule is CC(C)NS(=O)(=O)c1ccc(F)c(C(=O)Nc2ccccc2N2CCc3ccccc32)c1. The topological polar surface area (TPSA) is 78.5 Å². The van der Waals surface area contributed by atoms with Crippen LogP contribution < -0.4 is 14.9 Å². The van der Waals surface area contributed by atoms with Crippen LogP contribution in [0.15, 0.2) is 71.6 Å². The second kappa shape index (κ2) is 8.72. The minimum atomic E-state index is -3.86. The Kier molecular flexibility index (Phi) is 5.99. The zero-order valence-electron chi connectivity index (χ0n) is 17.8. The number of carbonyl (C=O) groups is 1. The Morgan fingerprint density at radius 3 is 2.44 bits per heavy atom. The van der Waals surface area contributed by atoms with Crippen LogP contribution in [-0.2, 0) is 16.4 Å². The Morgan fingerprint density at radius 1 is 1.00 bits per heavy atom. The smallest absolute Gasteiger partial charge is 0.258 e. The van der Waals surface area contributed by atoms with Crippen molar-refractivity contribution in [2.75, 3.05) is 16.8 Å². The number of hydrogen-bond donors (Lipinski definition) is 2. The number of nitrogens with one attached hydrogen (secondary N) is 2. The van der Waals surface area contributed by atoms with Crippen LogP contribution in [0.4, 0.5) is 21.5 Å². The van der Waals surface area contributed by atoms with Crippen molar-refractivity contribution in [2.45, 2.75) is 31.2 Å². The molecular formula is C24H24FN3O3S. The summed E-state index contributed by atoms with van der Waals surface area (Å²) in [5, 5.41) is 2.76. The van der Waals surface area contributed by atoms with E-state index < -0.39 is 21.7 Å². The number of benzene rings is 3. The van der Waals surface area contributed by atoms with Crippen LogP contribution in [-0.4, -0.2) is 26.9 Å². The maximum absolute atomic E-state index is 14.5. The zero-order valence-corrected chi connectivity index (χ0v) is 18.6. The van der Waals surface area contributed by atoms with E-state index in [0.717, 1.165) is 42.5 Å². The normalized spacial score (nSPS) is 13.3. The van der Waals surface area contributed by atoms with E-state index in [4.69, 9.17) is 0 Å². The van der Waals surface area contributed by atoms with E-state index in [-0.39, 0.29) is 16.5 Å². The Labute approximate surface area is 187 Å². The van der Waals surface area contributed by atoms with Gasteiger partial charge in [-0.3, -0.25) is 4.79 Å². The zero-order chi connectivity index (χ0) is 22.9. The molecule has 0 saturated heterocycles. The first-order valence-electron chi connectivity index (χ1n) is 10.3. The molecule has 0 saturated carbocycles. The van der Waals surface area contributed by atoms with Crippen molar-refractivity contribution < 1.29 is 17.6 Å². The second-order valence-corrected chi connectivity index (χ2v) is 9.63. The van der Waals surface area contributed by atoms with E-state index in [9.17, 15) is 17.6 Å². The molecule has 1 heterocycles. The number of rotatable bonds is 6. The third-order valence-corrected chi connectivity index (χ3v) is 6.87. The molecule has 2 N–H and O–H groups in total. The fraction of sp³-hybridized carbons (Fsp3) is 0.208. The average molecular weight is 454 g/mol. The predicted molar refractivity (Wildman–Crippen MR) is 123 cm³/mol. The highest BCUT2D eigenvalue weighted by Crippen LogP contribution is 2.38. The van der Waals surface area contributed by atoms with Gasteiger partial charge in [0.05, 0.1) is 21.8 Å². The number of nitrogens with zero attached hydrogens (tertiary/aromatic N) is 1. The molecule has 8 heteroatoms. The molecule has 0 radical (unpaired) electrons. The van der Waals surface area contributed by atoms with Crippen molar-refractivity contribution in [3.63, 3.8) is 0 Å². The monoisotopic (exact) mass is 453 g/mol. The van der Waals surface area contributed by atoms with Crippen LogP contribution in [0.3, 0.4) is 0 Å². The number of carbonyl (C=O) groups excluding carboxylic acids is 1. The van der Waals surface area contributed by atoms with Gasteiger partial charge in [0.2, 0.25) is 10.0 Å². The van der Waals surface area contributed by atoms with Crippen LogP contribution in [0.5, 0.6) is 0 Å². The van der Waals surface area contributed by atoms with E-state index in [1.165, 1.54) is 5.56 Å². The molecular weight excluding hydrogens is 429 g/mol. The summed E-state index contributed by atoms with van der Waals surface area (Å²) in [6, 6.07) is 18.2. The van der Waals surface area contributed by atoms with Crippen molar-refractivity contribution in [3.05, 3.63) is 83.7 Å². The number of hydrogen-bond acceptors (Lipinski definition) is 4. The van der Waals surface area contributed by atoms with Crippen LogP contribution in [0, 0.1) is 5.82 Å². The number of para-hydroxylation sites is 3. The minimum Gasteiger partial charge on any atom is -0.339 e. The van der Waals surface area contributed by atoms with Crippen molar-refractivity contribution in [1.82, 2.24) is 4.72 Å². The van der Waals surface area contributed by atoms with E-state index in [1.807, 2.05) is 30.3 Å². The van der Waals surface area contributed by atoms with Gasteiger partial charge in [-0.25, -0.2) is 17.5 Å². The lowest BCUT2D eigenvalue weighted by molar-refractivity contribution is 0.102. The molecule has 3 aromatic carbocycles. The van der Waals surface area contributed by atoms with Crippen LogP contribution >= 0.6 is 0 Å². The van der Waals surface area contributed by atoms with Gasteiger partial charge in [-0.15, -0.1) is 0 Å². The molecule has 1 aliphatic heterocycles. The van der Waals surface area contributed by atoms with Gasteiger partial charge in [-0.2, -0.15) is 0 Å². The van der Waals surface area contributed by atoms with E-state index in [2.05, 4.69) is 21.0 Å². The molecule has 3 aromatic rings. The van der Waals surface area contributed by atoms with Crippen LogP contribution in [0.25, 0.3) is 0 Å². The molecule has 6 nitrogen and oxygen atoms in total. The first-order chi connectivity index (χ1) is 15.3. The van der Waals surface area contributed by atoms with Gasteiger partial charge in [0, 0.05) is 18.3 Å². The highest BCUT2D eigenvalue weighted by Gasteiger charge is 2.24. The Bertz CT molecular complexity index is 1270. The van der Waals surface area contributed by atoms with Crippen molar-refractivity contribution in [2.24, 2.45) is 0 Å². The highest BCUT2D eigenvalue weighted by atomic mass is 32.2. The molecule has 0 unspecified atom stereocenters. The average Bonchev–Trinajstić information content (AvgIpc) is 3.17. The highest BCUT2D eigenvalue weighted by molar-refractivity contribution is 7.89. The quantitative estimate of drug-likeness (QED) is 0.578. The van der Waals surface area contributed by atoms with E-state index >= 15 is 0 Å². The summed E-state index contributed by atoms with van der Waals surface area (Å²) in [5.41, 5.74) is 3.25. The van der Waals surface area contributed by atoms with Gasteiger partial charge in [0.15, 0.2) is 0 Å². The summed E-state index contributed by atoms with van der Waals surface area (Å²) in [6.45, 7) is 4.12. The minimum absolute atomic E-state index is 0.167. The molecule has 4 rings (SSSR count). The van der Waals surface area contributed by atoms with Crippen molar-refractivity contribution >= 4 is 33.0 Å². The molecule has 32 heavy (non-hydrogen) atoms. The molecule has 0 bridgehead atoms.